The lowest BCUT2D eigenvalue weighted by Gasteiger charge is -2.15. The van der Waals surface area contributed by atoms with E-state index in [-0.39, 0.29) is 23.6 Å². The number of hydrogen-bond acceptors (Lipinski definition) is 5. The second kappa shape index (κ2) is 10.3. The molecule has 3 aromatic rings. The summed E-state index contributed by atoms with van der Waals surface area (Å²) in [5.41, 5.74) is 1.22. The van der Waals surface area contributed by atoms with Crippen molar-refractivity contribution in [1.82, 2.24) is 20.1 Å². The molecule has 0 saturated heterocycles. The van der Waals surface area contributed by atoms with Crippen LogP contribution in [0.1, 0.15) is 36.1 Å². The molecule has 3 rings (SSSR count). The molecule has 2 N–H and O–H groups in total. The van der Waals surface area contributed by atoms with Gasteiger partial charge in [-0.25, -0.2) is 0 Å². The maximum atomic E-state index is 12.4. The van der Waals surface area contributed by atoms with Crippen molar-refractivity contribution in [2.75, 3.05) is 11.1 Å². The Morgan fingerprint density at radius 1 is 1.13 bits per heavy atom. The minimum atomic E-state index is -0.334. The molecule has 0 saturated carbocycles. The molecule has 0 aliphatic heterocycles. The number of nitrogens with one attached hydrogen (secondary N) is 2. The van der Waals surface area contributed by atoms with E-state index in [1.165, 1.54) is 11.8 Å². The molecule has 7 nitrogen and oxygen atoms in total. The van der Waals surface area contributed by atoms with Crippen LogP contribution in [0.25, 0.3) is 0 Å². The van der Waals surface area contributed by atoms with Crippen molar-refractivity contribution in [3.63, 3.8) is 0 Å². The molecule has 0 radical (unpaired) electrons. The van der Waals surface area contributed by atoms with Gasteiger partial charge in [-0.2, -0.15) is 0 Å². The van der Waals surface area contributed by atoms with E-state index in [0.29, 0.717) is 33.8 Å². The minimum Gasteiger partial charge on any atom is -0.342 e. The first-order valence-electron chi connectivity index (χ1n) is 9.45. The van der Waals surface area contributed by atoms with Crippen LogP contribution in [0.2, 0.25) is 5.02 Å². The Hall–Kier alpha value is -2.84. The Kier molecular flexibility index (Phi) is 7.48. The number of thioether (sulfide) groups is 1. The molecule has 1 atom stereocenters. The van der Waals surface area contributed by atoms with E-state index in [0.717, 1.165) is 0 Å². The van der Waals surface area contributed by atoms with Gasteiger partial charge in [-0.3, -0.25) is 9.59 Å². The highest BCUT2D eigenvalue weighted by Gasteiger charge is 2.20. The van der Waals surface area contributed by atoms with Crippen molar-refractivity contribution in [2.45, 2.75) is 31.6 Å². The first kappa shape index (κ1) is 21.9. The standard InChI is InChI=1S/C21H22ClN5O2S/c1-3-27-19(14(2)23-20(29)15-8-5-4-6-9-15)25-26-21(27)30-13-18(28)24-17-11-7-10-16(22)12-17/h4-12,14H,3,13H2,1-2H3,(H,23,29)(H,24,28)/t14-/m0/s1. The van der Waals surface area contributed by atoms with Gasteiger partial charge in [-0.05, 0) is 44.2 Å². The topological polar surface area (TPSA) is 88.9 Å². The number of carbonyl (C=O) groups excluding carboxylic acids is 2. The van der Waals surface area contributed by atoms with Gasteiger partial charge in [0.1, 0.15) is 0 Å². The maximum absolute atomic E-state index is 12.4. The number of benzene rings is 2. The molecule has 0 fully saturated rings. The summed E-state index contributed by atoms with van der Waals surface area (Å²) in [4.78, 5) is 24.7. The number of anilines is 1. The zero-order valence-electron chi connectivity index (χ0n) is 16.6. The first-order valence-corrected chi connectivity index (χ1v) is 10.8. The molecular weight excluding hydrogens is 422 g/mol. The normalized spacial score (nSPS) is 11.7. The summed E-state index contributed by atoms with van der Waals surface area (Å²) in [7, 11) is 0. The summed E-state index contributed by atoms with van der Waals surface area (Å²) in [5, 5.41) is 15.4. The van der Waals surface area contributed by atoms with E-state index in [4.69, 9.17) is 11.6 Å². The molecule has 0 bridgehead atoms. The lowest BCUT2D eigenvalue weighted by Crippen LogP contribution is -2.28. The molecule has 30 heavy (non-hydrogen) atoms. The van der Waals surface area contributed by atoms with Gasteiger partial charge in [0, 0.05) is 22.8 Å². The monoisotopic (exact) mass is 443 g/mol. The zero-order chi connectivity index (χ0) is 21.5. The fourth-order valence-corrected chi connectivity index (χ4v) is 3.85. The highest BCUT2D eigenvalue weighted by Crippen LogP contribution is 2.22. The van der Waals surface area contributed by atoms with Crippen molar-refractivity contribution in [3.8, 4) is 0 Å². The molecule has 9 heteroatoms. The SMILES string of the molecule is CCn1c(SCC(=O)Nc2cccc(Cl)c2)nnc1[C@H](C)NC(=O)c1ccccc1. The van der Waals surface area contributed by atoms with Crippen LogP contribution in [0, 0.1) is 0 Å². The summed E-state index contributed by atoms with van der Waals surface area (Å²) in [5.74, 6) is 0.471. The minimum absolute atomic E-state index is 0.167. The Bertz CT molecular complexity index is 1030. The fourth-order valence-electron chi connectivity index (χ4n) is 2.85. The van der Waals surface area contributed by atoms with Crippen LogP contribution in [0.5, 0.6) is 0 Å². The van der Waals surface area contributed by atoms with Gasteiger partial charge in [-0.1, -0.05) is 47.6 Å². The zero-order valence-corrected chi connectivity index (χ0v) is 18.2. The van der Waals surface area contributed by atoms with Gasteiger partial charge in [-0.15, -0.1) is 10.2 Å². The highest BCUT2D eigenvalue weighted by molar-refractivity contribution is 7.99. The van der Waals surface area contributed by atoms with Crippen molar-refractivity contribution in [2.24, 2.45) is 0 Å². The van der Waals surface area contributed by atoms with Crippen LogP contribution in [-0.2, 0) is 11.3 Å². The summed E-state index contributed by atoms with van der Waals surface area (Å²) in [6.07, 6.45) is 0. The van der Waals surface area contributed by atoms with Crippen molar-refractivity contribution in [1.29, 1.82) is 0 Å². The number of nitrogens with zero attached hydrogens (tertiary/aromatic N) is 3. The van der Waals surface area contributed by atoms with E-state index in [9.17, 15) is 9.59 Å². The van der Waals surface area contributed by atoms with Crippen LogP contribution in [0.3, 0.4) is 0 Å². The van der Waals surface area contributed by atoms with E-state index in [1.807, 2.05) is 36.6 Å². The Labute approximate surface area is 184 Å². The third-order valence-electron chi connectivity index (χ3n) is 4.27. The van der Waals surface area contributed by atoms with Crippen LogP contribution in [0.4, 0.5) is 5.69 Å². The lowest BCUT2D eigenvalue weighted by molar-refractivity contribution is -0.113. The third-order valence-corrected chi connectivity index (χ3v) is 5.48. The highest BCUT2D eigenvalue weighted by atomic mass is 35.5. The molecule has 156 valence electrons. The van der Waals surface area contributed by atoms with Crippen LogP contribution in [0.15, 0.2) is 59.8 Å². The van der Waals surface area contributed by atoms with Gasteiger partial charge in [0.25, 0.3) is 5.91 Å². The fraction of sp³-hybridized carbons (Fsp3) is 0.238. The average molecular weight is 444 g/mol. The number of carbonyl (C=O) groups is 2. The third kappa shape index (κ3) is 5.61. The maximum Gasteiger partial charge on any atom is 0.251 e. The number of rotatable bonds is 8. The van der Waals surface area contributed by atoms with Gasteiger partial charge in [0.2, 0.25) is 5.91 Å². The molecular formula is C21H22ClN5O2S. The van der Waals surface area contributed by atoms with Gasteiger partial charge in [0.05, 0.1) is 11.8 Å². The van der Waals surface area contributed by atoms with Crippen molar-refractivity contribution < 1.29 is 9.59 Å². The van der Waals surface area contributed by atoms with Crippen LogP contribution in [-0.4, -0.2) is 32.3 Å². The summed E-state index contributed by atoms with van der Waals surface area (Å²) >= 11 is 7.23. The van der Waals surface area contributed by atoms with Crippen molar-refractivity contribution >= 4 is 40.9 Å². The number of aromatic nitrogens is 3. The summed E-state index contributed by atoms with van der Waals surface area (Å²) in [6, 6.07) is 15.7. The van der Waals surface area contributed by atoms with Crippen LogP contribution < -0.4 is 10.6 Å². The van der Waals surface area contributed by atoms with Crippen LogP contribution >= 0.6 is 23.4 Å². The van der Waals surface area contributed by atoms with Gasteiger partial charge in [0.15, 0.2) is 11.0 Å². The van der Waals surface area contributed by atoms with Gasteiger partial charge >= 0.3 is 0 Å². The largest absolute Gasteiger partial charge is 0.342 e. The van der Waals surface area contributed by atoms with E-state index >= 15 is 0 Å². The smallest absolute Gasteiger partial charge is 0.251 e. The summed E-state index contributed by atoms with van der Waals surface area (Å²) < 4.78 is 1.90. The molecule has 1 aromatic heterocycles. The number of amides is 2. The Morgan fingerprint density at radius 3 is 2.60 bits per heavy atom. The van der Waals surface area contributed by atoms with Gasteiger partial charge < -0.3 is 15.2 Å². The second-order valence-electron chi connectivity index (χ2n) is 6.49. The van der Waals surface area contributed by atoms with E-state index < -0.39 is 0 Å². The number of halogens is 1. The second-order valence-corrected chi connectivity index (χ2v) is 7.87. The van der Waals surface area contributed by atoms with E-state index in [1.54, 1.807) is 36.4 Å². The first-order chi connectivity index (χ1) is 14.5. The van der Waals surface area contributed by atoms with Crippen molar-refractivity contribution in [3.05, 3.63) is 71.0 Å². The lowest BCUT2D eigenvalue weighted by atomic mass is 10.2. The molecule has 1 heterocycles. The Balaban J connectivity index is 1.62. The quantitative estimate of drug-likeness (QED) is 0.510. The summed E-state index contributed by atoms with van der Waals surface area (Å²) in [6.45, 7) is 4.44. The van der Waals surface area contributed by atoms with E-state index in [2.05, 4.69) is 20.8 Å². The average Bonchev–Trinajstić information content (AvgIpc) is 3.16. The molecule has 0 spiro atoms. The predicted octanol–water partition coefficient (Wildman–Crippen LogP) is 4.17. The predicted molar refractivity (Wildman–Crippen MR) is 119 cm³/mol. The molecule has 0 aliphatic carbocycles. The molecule has 2 amide bonds. The molecule has 0 aliphatic rings. The molecule has 2 aromatic carbocycles. The molecule has 0 unspecified atom stereocenters. The Morgan fingerprint density at radius 2 is 1.90 bits per heavy atom. The number of hydrogen-bond donors (Lipinski definition) is 2.